The van der Waals surface area contributed by atoms with Gasteiger partial charge in [0.05, 0.1) is 5.70 Å². The molecule has 4 heterocycles. The first-order valence-corrected chi connectivity index (χ1v) is 14.6. The number of nitrogens with zero attached hydrogens (tertiary/aromatic N) is 2. The van der Waals surface area contributed by atoms with Crippen molar-refractivity contribution in [2.75, 3.05) is 0 Å². The maximum absolute atomic E-state index is 11.0. The summed E-state index contributed by atoms with van der Waals surface area (Å²) in [5.74, 6) is 0. The van der Waals surface area contributed by atoms with E-state index in [9.17, 15) is 5.11 Å². The van der Waals surface area contributed by atoms with E-state index in [0.717, 1.165) is 29.0 Å². The Labute approximate surface area is 193 Å². The van der Waals surface area contributed by atoms with Crippen molar-refractivity contribution in [2.45, 2.75) is 65.9 Å². The highest BCUT2D eigenvalue weighted by Gasteiger charge is 2.27. The molecular weight excluding hydrogens is 496 g/mol. The minimum atomic E-state index is -1.25. The molecule has 2 unspecified atom stereocenters. The first kappa shape index (κ1) is 22.4. The number of halogens is 1. The van der Waals surface area contributed by atoms with Crippen LogP contribution in [0.15, 0.2) is 49.3 Å². The first-order valence-electron chi connectivity index (χ1n) is 11.0. The maximum atomic E-state index is 11.0. The molecule has 1 aromatic heterocycles. The Balaban J connectivity index is 1.63. The van der Waals surface area contributed by atoms with Gasteiger partial charge in [-0.2, -0.15) is 0 Å². The number of hydrogen-bond acceptors (Lipinski definition) is 3. The third-order valence-electron chi connectivity index (χ3n) is 6.24. The van der Waals surface area contributed by atoms with E-state index < -0.39 is 25.0 Å². The Bertz CT molecular complexity index is 1140. The van der Waals surface area contributed by atoms with E-state index in [4.69, 9.17) is 4.99 Å². The van der Waals surface area contributed by atoms with E-state index >= 15 is 0 Å². The predicted octanol–water partition coefficient (Wildman–Crippen LogP) is 4.78. The van der Waals surface area contributed by atoms with E-state index in [-0.39, 0.29) is 6.04 Å². The molecule has 1 radical (unpaired) electrons. The Morgan fingerprint density at radius 1 is 1.35 bits per heavy atom. The number of allylic oxidation sites excluding steroid dienone is 4. The molecule has 0 spiro atoms. The van der Waals surface area contributed by atoms with Gasteiger partial charge in [0.1, 0.15) is 6.10 Å². The summed E-state index contributed by atoms with van der Waals surface area (Å²) in [6.07, 6.45) is 11.1. The lowest BCUT2D eigenvalue weighted by molar-refractivity contribution is 0.273. The van der Waals surface area contributed by atoms with Crippen LogP contribution >= 0.6 is 18.9 Å². The monoisotopic (exact) mass is 528 g/mol. The first-order chi connectivity index (χ1) is 14.9. The highest BCUT2D eigenvalue weighted by atomic mass is 127. The van der Waals surface area contributed by atoms with Gasteiger partial charge in [0, 0.05) is 32.9 Å². The van der Waals surface area contributed by atoms with Crippen molar-refractivity contribution >= 4 is 46.6 Å². The fourth-order valence-corrected chi connectivity index (χ4v) is 9.68. The third-order valence-corrected chi connectivity index (χ3v) is 11.6. The van der Waals surface area contributed by atoms with Crippen LogP contribution in [0.5, 0.6) is 0 Å². The van der Waals surface area contributed by atoms with Crippen LogP contribution in [0, 0.1) is 13.8 Å². The number of rotatable bonds is 5. The van der Waals surface area contributed by atoms with Gasteiger partial charge in [-0.15, -0.1) is 18.9 Å². The highest BCUT2D eigenvalue weighted by Crippen LogP contribution is 2.38. The summed E-state index contributed by atoms with van der Waals surface area (Å²) in [6.45, 7) is 10.5. The smallest absolute Gasteiger partial charge is 0.248 e. The number of aromatic nitrogens is 1. The summed E-state index contributed by atoms with van der Waals surface area (Å²) in [7, 11) is 2.10. The molecule has 0 amide bonds. The van der Waals surface area contributed by atoms with E-state index in [2.05, 4.69) is 84.0 Å². The van der Waals surface area contributed by atoms with Gasteiger partial charge in [-0.25, -0.2) is 0 Å². The molecule has 0 bridgehead atoms. The second-order valence-corrected chi connectivity index (χ2v) is 13.2. The molecule has 4 nitrogen and oxygen atoms in total. The molecule has 6 heteroatoms. The van der Waals surface area contributed by atoms with Crippen LogP contribution in [0.25, 0.3) is 6.08 Å². The van der Waals surface area contributed by atoms with Crippen LogP contribution in [0.3, 0.4) is 0 Å². The van der Waals surface area contributed by atoms with Crippen molar-refractivity contribution < 1.29 is 5.11 Å². The minimum Gasteiger partial charge on any atom is -0.395 e. The molecule has 4 rings (SSSR count). The average molecular weight is 528 g/mol. The van der Waals surface area contributed by atoms with Gasteiger partial charge in [-0.1, -0.05) is 16.9 Å². The lowest BCUT2D eigenvalue weighted by Gasteiger charge is -2.16. The Morgan fingerprint density at radius 2 is 2.16 bits per heavy atom. The number of nitrogens with one attached hydrogen (secondary N) is 1. The van der Waals surface area contributed by atoms with Gasteiger partial charge in [-0.05, 0) is 85.9 Å². The van der Waals surface area contributed by atoms with Crippen molar-refractivity contribution in [3.05, 3.63) is 61.3 Å². The summed E-state index contributed by atoms with van der Waals surface area (Å²) in [4.78, 5) is 4.76. The number of aliphatic hydroxyl groups excluding tert-OH is 1. The fraction of sp³-hybridized carbons (Fsp3) is 0.400. The van der Waals surface area contributed by atoms with Crippen molar-refractivity contribution in [1.29, 1.82) is 0 Å². The quantitative estimate of drug-likeness (QED) is 0.329. The van der Waals surface area contributed by atoms with Gasteiger partial charge < -0.3 is 14.9 Å². The van der Waals surface area contributed by atoms with Gasteiger partial charge in [-0.3, -0.25) is 4.99 Å². The number of hydrogen-bond donors (Lipinski definition) is 2. The standard InChI is InChI=1S/C25H32BIN3O/c1-16-13-17(2)30(26-5)23(16)14-22-18(3)25(19(4)29-22)24(31)15-28-21-10-8-12-27-11-7-6-9-20(21)27/h8,10-15,19,24,29,31H,6-7,9H2,1-5H3/b22-14-,28-15?. The zero-order chi connectivity index (χ0) is 22.1. The summed E-state index contributed by atoms with van der Waals surface area (Å²) in [6, 6.07) is 2.28. The fourth-order valence-electron chi connectivity index (χ4n) is 4.69. The largest absolute Gasteiger partial charge is 0.395 e. The number of aliphatic imine (C=N–C) groups is 1. The van der Waals surface area contributed by atoms with Crippen LogP contribution < -0.4 is 5.32 Å². The predicted molar refractivity (Wildman–Crippen MR) is 145 cm³/mol. The van der Waals surface area contributed by atoms with Crippen LogP contribution in [-0.2, 0) is 0 Å². The lowest BCUT2D eigenvalue weighted by atomic mass is 9.97. The molecule has 0 aliphatic carbocycles. The molecule has 1 aromatic rings. The average Bonchev–Trinajstić information content (AvgIpc) is 3.19. The van der Waals surface area contributed by atoms with Crippen molar-refractivity contribution in [2.24, 2.45) is 4.99 Å². The van der Waals surface area contributed by atoms with Crippen LogP contribution in [0.1, 0.15) is 50.1 Å². The summed E-state index contributed by atoms with van der Waals surface area (Å²) >= 11 is -1.25. The molecule has 0 aromatic carbocycles. The van der Waals surface area contributed by atoms with Gasteiger partial charge in [0.15, 0.2) is 0 Å². The summed E-state index contributed by atoms with van der Waals surface area (Å²) < 4.78 is 8.67. The van der Waals surface area contributed by atoms with E-state index in [1.807, 2.05) is 0 Å². The molecule has 31 heavy (non-hydrogen) atoms. The second kappa shape index (κ2) is 9.37. The molecule has 0 saturated carbocycles. The van der Waals surface area contributed by atoms with Crippen LogP contribution in [0.2, 0.25) is 6.82 Å². The molecule has 3 aliphatic rings. The zero-order valence-corrected chi connectivity index (χ0v) is 21.3. The molecule has 2 atom stereocenters. The van der Waals surface area contributed by atoms with Gasteiger partial charge >= 0.3 is 0 Å². The van der Waals surface area contributed by atoms with Crippen LogP contribution in [0.4, 0.5) is 0 Å². The number of fused-ring (bicyclic) bond motifs is 1. The van der Waals surface area contributed by atoms with E-state index in [0.29, 0.717) is 0 Å². The van der Waals surface area contributed by atoms with Crippen molar-refractivity contribution in [3.8, 4) is 0 Å². The van der Waals surface area contributed by atoms with Gasteiger partial charge in [0.2, 0.25) is 7.41 Å². The SMILES string of the molecule is C[B]n1c(C)cc(C)c1/C=C1\NC(C)C(C(O)C=NC2=C3CCCC=I3=CC=C2)=C1C. The van der Waals surface area contributed by atoms with Crippen molar-refractivity contribution in [1.82, 2.24) is 9.79 Å². The number of aliphatic hydroxyl groups is 1. The molecule has 3 aliphatic heterocycles. The van der Waals surface area contributed by atoms with E-state index in [1.54, 1.807) is 6.21 Å². The molecule has 163 valence electrons. The molecular formula is C25H32BIN3O. The molecule has 2 N–H and O–H groups in total. The minimum absolute atomic E-state index is 0.0716. The van der Waals surface area contributed by atoms with Gasteiger partial charge in [0.25, 0.3) is 0 Å². The third kappa shape index (κ3) is 4.42. The Kier molecular flexibility index (Phi) is 6.77. The lowest BCUT2D eigenvalue weighted by Crippen LogP contribution is -2.26. The molecule has 0 saturated heterocycles. The van der Waals surface area contributed by atoms with E-state index in [1.165, 1.54) is 33.4 Å². The normalized spacial score (nSPS) is 23.8. The Hall–Kier alpha value is -1.80. The summed E-state index contributed by atoms with van der Waals surface area (Å²) in [5.41, 5.74) is 7.92. The summed E-state index contributed by atoms with van der Waals surface area (Å²) in [5, 5.41) is 14.6. The van der Waals surface area contributed by atoms with Crippen molar-refractivity contribution in [3.63, 3.8) is 0 Å². The zero-order valence-electron chi connectivity index (χ0n) is 19.1. The highest BCUT2D eigenvalue weighted by molar-refractivity contribution is 14.2. The maximum Gasteiger partial charge on any atom is 0.248 e. The van der Waals surface area contributed by atoms with Crippen LogP contribution in [-0.4, -0.2) is 43.4 Å². The number of aryl methyl sites for hydroxylation is 2. The topological polar surface area (TPSA) is 49.5 Å². The molecule has 0 fully saturated rings. The Morgan fingerprint density at radius 3 is 2.94 bits per heavy atom. The second-order valence-electron chi connectivity index (χ2n) is 8.38.